The van der Waals surface area contributed by atoms with Crippen molar-refractivity contribution < 1.29 is 23.2 Å². The number of aliphatic hydroxyl groups is 1. The molecular formula is C21H26BN3O6S. The molecule has 2 rings (SSSR count). The van der Waals surface area contributed by atoms with Gasteiger partial charge in [0.1, 0.15) is 0 Å². The summed E-state index contributed by atoms with van der Waals surface area (Å²) in [4.78, 5) is 21.6. The lowest BCUT2D eigenvalue weighted by Crippen LogP contribution is -2.50. The highest BCUT2D eigenvalue weighted by Crippen LogP contribution is 2.21. The van der Waals surface area contributed by atoms with Crippen molar-refractivity contribution in [1.82, 2.24) is 9.62 Å². The minimum absolute atomic E-state index is 0.0632. The first-order chi connectivity index (χ1) is 15.0. The van der Waals surface area contributed by atoms with Gasteiger partial charge in [0.25, 0.3) is 5.69 Å². The van der Waals surface area contributed by atoms with Crippen molar-refractivity contribution in [2.24, 2.45) is 5.92 Å². The lowest BCUT2D eigenvalue weighted by Gasteiger charge is -2.30. The van der Waals surface area contributed by atoms with Crippen LogP contribution in [0.5, 0.6) is 0 Å². The van der Waals surface area contributed by atoms with Gasteiger partial charge in [0, 0.05) is 25.2 Å². The number of carbonyl (C=O) groups is 1. The summed E-state index contributed by atoms with van der Waals surface area (Å²) >= 11 is 0. The van der Waals surface area contributed by atoms with Gasteiger partial charge in [0.05, 0.1) is 22.0 Å². The summed E-state index contributed by atoms with van der Waals surface area (Å²) in [5, 5.41) is 24.2. The van der Waals surface area contributed by atoms with E-state index in [0.717, 1.165) is 34.1 Å². The number of non-ortho nitro benzene ring substituents is 1. The number of rotatable bonds is 11. The fourth-order valence-electron chi connectivity index (χ4n) is 3.24. The zero-order valence-electron chi connectivity index (χ0n) is 17.9. The molecule has 170 valence electrons. The van der Waals surface area contributed by atoms with E-state index in [4.69, 9.17) is 7.85 Å². The number of nitro benzene ring substituents is 1. The zero-order valence-corrected chi connectivity index (χ0v) is 18.7. The number of amides is 1. The van der Waals surface area contributed by atoms with Crippen LogP contribution in [0.25, 0.3) is 0 Å². The van der Waals surface area contributed by atoms with Crippen LogP contribution in [-0.2, 0) is 16.4 Å². The Bertz CT molecular complexity index is 1020. The molecule has 0 aliphatic heterocycles. The first kappa shape index (κ1) is 25.5. The molecule has 0 saturated carbocycles. The Labute approximate surface area is 189 Å². The fourth-order valence-corrected chi connectivity index (χ4v) is 4.86. The summed E-state index contributed by atoms with van der Waals surface area (Å²) in [5.41, 5.74) is 0.604. The van der Waals surface area contributed by atoms with Gasteiger partial charge in [-0.3, -0.25) is 14.9 Å². The standard InChI is InChI=1S/C21H26BN3O6S/c1-15(2)13-24(32(30,31)18-10-8-17(9-11-18)25(28)29)14-20(26)19(23-21(22)27)12-16-6-4-3-5-7-16/h3-11,15,19-20,26H,12-14H2,1-2H3,(H,23,27)/t19-,20+/m1/s1. The van der Waals surface area contributed by atoms with Gasteiger partial charge in [-0.25, -0.2) is 8.42 Å². The molecule has 2 atom stereocenters. The molecule has 9 nitrogen and oxygen atoms in total. The lowest BCUT2D eigenvalue weighted by molar-refractivity contribution is -0.384. The molecule has 2 aromatic rings. The minimum Gasteiger partial charge on any atom is -0.390 e. The van der Waals surface area contributed by atoms with E-state index in [1.807, 2.05) is 44.2 Å². The molecule has 11 heteroatoms. The van der Waals surface area contributed by atoms with Crippen molar-refractivity contribution >= 4 is 29.4 Å². The van der Waals surface area contributed by atoms with Crippen LogP contribution in [0.2, 0.25) is 0 Å². The third-order valence-corrected chi connectivity index (χ3v) is 6.58. The second-order valence-corrected chi connectivity index (χ2v) is 9.78. The average molecular weight is 459 g/mol. The van der Waals surface area contributed by atoms with Crippen LogP contribution < -0.4 is 5.32 Å². The predicted molar refractivity (Wildman–Crippen MR) is 121 cm³/mol. The van der Waals surface area contributed by atoms with E-state index < -0.39 is 32.9 Å². The van der Waals surface area contributed by atoms with Crippen molar-refractivity contribution in [3.63, 3.8) is 0 Å². The predicted octanol–water partition coefficient (Wildman–Crippen LogP) is 2.09. The second-order valence-electron chi connectivity index (χ2n) is 7.84. The van der Waals surface area contributed by atoms with Gasteiger partial charge in [-0.15, -0.1) is 0 Å². The minimum atomic E-state index is -4.06. The third kappa shape index (κ3) is 7.15. The zero-order chi connectivity index (χ0) is 23.9. The van der Waals surface area contributed by atoms with E-state index in [2.05, 4.69) is 5.32 Å². The highest BCUT2D eigenvalue weighted by molar-refractivity contribution is 7.89. The van der Waals surface area contributed by atoms with Crippen LogP contribution >= 0.6 is 0 Å². The summed E-state index contributed by atoms with van der Waals surface area (Å²) < 4.78 is 27.6. The van der Waals surface area contributed by atoms with Gasteiger partial charge in [0.2, 0.25) is 17.9 Å². The monoisotopic (exact) mass is 459 g/mol. The van der Waals surface area contributed by atoms with Gasteiger partial charge < -0.3 is 10.4 Å². The molecule has 2 aromatic carbocycles. The van der Waals surface area contributed by atoms with E-state index in [0.29, 0.717) is 0 Å². The Morgan fingerprint density at radius 1 is 1.12 bits per heavy atom. The number of nitrogens with one attached hydrogen (secondary N) is 1. The number of nitro groups is 1. The SMILES string of the molecule is [B]C(=O)N[C@H](Cc1ccccc1)[C@@H](O)CN(CC(C)C)S(=O)(=O)c1ccc([N+](=O)[O-])cc1. The molecule has 0 fully saturated rings. The maximum Gasteiger partial charge on any atom is 0.269 e. The quantitative estimate of drug-likeness (QED) is 0.301. The number of aliphatic hydroxyl groups excluding tert-OH is 1. The van der Waals surface area contributed by atoms with E-state index in [1.165, 1.54) is 0 Å². The fraction of sp³-hybridized carbons (Fsp3) is 0.381. The van der Waals surface area contributed by atoms with Gasteiger partial charge in [0.15, 0.2) is 5.81 Å². The lowest BCUT2D eigenvalue weighted by atomic mass is 9.99. The Hall–Kier alpha value is -2.76. The molecule has 0 heterocycles. The molecule has 0 spiro atoms. The molecule has 0 saturated heterocycles. The van der Waals surface area contributed by atoms with Crippen LogP contribution in [0.4, 0.5) is 10.5 Å². The largest absolute Gasteiger partial charge is 0.390 e. The molecule has 2 N–H and O–H groups in total. The molecule has 0 aliphatic rings. The van der Waals surface area contributed by atoms with Crippen molar-refractivity contribution in [2.75, 3.05) is 13.1 Å². The maximum absolute atomic E-state index is 13.2. The number of nitrogens with zero attached hydrogens (tertiary/aromatic N) is 2. The number of carbonyl (C=O) groups excluding carboxylic acids is 1. The molecule has 0 aliphatic carbocycles. The van der Waals surface area contributed by atoms with Crippen LogP contribution in [0.3, 0.4) is 0 Å². The summed E-state index contributed by atoms with van der Waals surface area (Å²) in [6, 6.07) is 12.8. The van der Waals surface area contributed by atoms with Gasteiger partial charge in [-0.05, 0) is 30.0 Å². The average Bonchev–Trinajstić information content (AvgIpc) is 2.73. The summed E-state index contributed by atoms with van der Waals surface area (Å²) in [6.07, 6.45) is -1.01. The van der Waals surface area contributed by atoms with Gasteiger partial charge >= 0.3 is 0 Å². The Kier molecular flexibility index (Phi) is 8.94. The smallest absolute Gasteiger partial charge is 0.269 e. The molecule has 0 aromatic heterocycles. The van der Waals surface area contributed by atoms with Crippen LogP contribution in [0.1, 0.15) is 19.4 Å². The highest BCUT2D eigenvalue weighted by Gasteiger charge is 2.31. The maximum atomic E-state index is 13.2. The number of benzene rings is 2. The summed E-state index contributed by atoms with van der Waals surface area (Å²) in [6.45, 7) is 3.46. The Balaban J connectivity index is 2.29. The molecule has 1 amide bonds. The van der Waals surface area contributed by atoms with E-state index in [1.54, 1.807) is 0 Å². The van der Waals surface area contributed by atoms with Crippen molar-refractivity contribution in [3.05, 3.63) is 70.3 Å². The molecule has 32 heavy (non-hydrogen) atoms. The number of hydrogen-bond acceptors (Lipinski definition) is 6. The first-order valence-corrected chi connectivity index (χ1v) is 11.5. The van der Waals surface area contributed by atoms with Crippen molar-refractivity contribution in [3.8, 4) is 0 Å². The molecular weight excluding hydrogens is 433 g/mol. The molecule has 0 unspecified atom stereocenters. The first-order valence-electron chi connectivity index (χ1n) is 10.0. The van der Waals surface area contributed by atoms with E-state index in [9.17, 15) is 28.4 Å². The van der Waals surface area contributed by atoms with Crippen LogP contribution in [-0.4, -0.2) is 61.6 Å². The van der Waals surface area contributed by atoms with Crippen LogP contribution in [0, 0.1) is 16.0 Å². The number of hydrogen-bond donors (Lipinski definition) is 2. The van der Waals surface area contributed by atoms with Crippen molar-refractivity contribution in [2.45, 2.75) is 37.3 Å². The summed E-state index contributed by atoms with van der Waals surface area (Å²) in [7, 11) is 1.20. The molecule has 2 radical (unpaired) electrons. The van der Waals surface area contributed by atoms with E-state index >= 15 is 0 Å². The Morgan fingerprint density at radius 2 is 1.72 bits per heavy atom. The highest BCUT2D eigenvalue weighted by atomic mass is 32.2. The number of sulfonamides is 1. The Morgan fingerprint density at radius 3 is 2.22 bits per heavy atom. The van der Waals surface area contributed by atoms with Crippen LogP contribution in [0.15, 0.2) is 59.5 Å². The third-order valence-electron chi connectivity index (χ3n) is 4.74. The second kappa shape index (κ2) is 11.2. The van der Waals surface area contributed by atoms with Crippen molar-refractivity contribution in [1.29, 1.82) is 0 Å². The van der Waals surface area contributed by atoms with Gasteiger partial charge in [-0.2, -0.15) is 4.31 Å². The molecule has 0 bridgehead atoms. The summed E-state index contributed by atoms with van der Waals surface area (Å²) in [5.74, 6) is -0.898. The van der Waals surface area contributed by atoms with Gasteiger partial charge in [-0.1, -0.05) is 44.2 Å². The normalized spacial score (nSPS) is 13.7. The van der Waals surface area contributed by atoms with E-state index in [-0.39, 0.29) is 36.0 Å². The topological polar surface area (TPSA) is 130 Å².